The van der Waals surface area contributed by atoms with Crippen LogP contribution in [0.5, 0.6) is 0 Å². The molecule has 0 aliphatic heterocycles. The second-order valence-corrected chi connectivity index (χ2v) is 16.0. The molecule has 0 aromatic heterocycles. The number of esters is 3. The Hall–Kier alpha value is -3.67. The molecule has 0 saturated carbocycles. The Balaban J connectivity index is 4.40. The number of unbranched alkanes of at least 4 members (excludes halogenated alkanes) is 18. The number of allylic oxidation sites excluding steroid dienone is 16. The summed E-state index contributed by atoms with van der Waals surface area (Å²) in [7, 11) is 0. The van der Waals surface area contributed by atoms with Crippen molar-refractivity contribution < 1.29 is 28.6 Å². The zero-order valence-corrected chi connectivity index (χ0v) is 39.4. The maximum absolute atomic E-state index is 12.8. The number of hydrogen-bond donors (Lipinski definition) is 0. The van der Waals surface area contributed by atoms with E-state index in [1.807, 2.05) is 0 Å². The molecule has 0 N–H and O–H groups in total. The normalized spacial score (nSPS) is 12.9. The highest BCUT2D eigenvalue weighted by Crippen LogP contribution is 2.13. The van der Waals surface area contributed by atoms with E-state index < -0.39 is 6.10 Å². The summed E-state index contributed by atoms with van der Waals surface area (Å²) in [6, 6.07) is 0. The highest BCUT2D eigenvalue weighted by atomic mass is 16.6. The van der Waals surface area contributed by atoms with Crippen molar-refractivity contribution in [3.05, 3.63) is 97.2 Å². The molecule has 0 spiro atoms. The van der Waals surface area contributed by atoms with Crippen LogP contribution in [0, 0.1) is 0 Å². The van der Waals surface area contributed by atoms with Gasteiger partial charge < -0.3 is 14.2 Å². The molecular weight excluding hydrogens is 757 g/mol. The average Bonchev–Trinajstić information content (AvgIpc) is 3.26. The first-order valence-electron chi connectivity index (χ1n) is 24.8. The first-order valence-corrected chi connectivity index (χ1v) is 24.8. The first kappa shape index (κ1) is 57.3. The topological polar surface area (TPSA) is 78.9 Å². The predicted molar refractivity (Wildman–Crippen MR) is 260 cm³/mol. The lowest BCUT2D eigenvalue weighted by Crippen LogP contribution is -2.30. The molecule has 0 aliphatic rings. The van der Waals surface area contributed by atoms with Gasteiger partial charge in [0.15, 0.2) is 6.10 Å². The lowest BCUT2D eigenvalue weighted by molar-refractivity contribution is -0.167. The van der Waals surface area contributed by atoms with E-state index >= 15 is 0 Å². The van der Waals surface area contributed by atoms with E-state index in [9.17, 15) is 14.4 Å². The van der Waals surface area contributed by atoms with E-state index in [1.165, 1.54) is 57.8 Å². The molecule has 0 fully saturated rings. The van der Waals surface area contributed by atoms with Gasteiger partial charge in [0.05, 0.1) is 0 Å². The maximum Gasteiger partial charge on any atom is 0.306 e. The third-order valence-corrected chi connectivity index (χ3v) is 10.1. The molecule has 0 saturated heterocycles. The number of rotatable bonds is 43. The Labute approximate surface area is 375 Å². The van der Waals surface area contributed by atoms with Gasteiger partial charge in [-0.2, -0.15) is 0 Å². The molecule has 6 nitrogen and oxygen atoms in total. The molecule has 0 heterocycles. The lowest BCUT2D eigenvalue weighted by Gasteiger charge is -2.18. The molecule has 0 aromatic carbocycles. The van der Waals surface area contributed by atoms with Crippen molar-refractivity contribution in [1.29, 1.82) is 0 Å². The van der Waals surface area contributed by atoms with Gasteiger partial charge >= 0.3 is 17.9 Å². The molecule has 0 rings (SSSR count). The van der Waals surface area contributed by atoms with Crippen molar-refractivity contribution in [2.75, 3.05) is 13.2 Å². The summed E-state index contributed by atoms with van der Waals surface area (Å²) in [4.78, 5) is 37.8. The quantitative estimate of drug-likeness (QED) is 0.0200. The molecule has 0 radical (unpaired) electrons. The monoisotopic (exact) mass is 847 g/mol. The van der Waals surface area contributed by atoms with Crippen molar-refractivity contribution >= 4 is 17.9 Å². The largest absolute Gasteiger partial charge is 0.462 e. The summed E-state index contributed by atoms with van der Waals surface area (Å²) in [6.07, 6.45) is 64.0. The van der Waals surface area contributed by atoms with E-state index in [-0.39, 0.29) is 31.1 Å². The summed E-state index contributed by atoms with van der Waals surface area (Å²) < 4.78 is 16.7. The Morgan fingerprint density at radius 3 is 1.26 bits per heavy atom. The van der Waals surface area contributed by atoms with Crippen molar-refractivity contribution in [1.82, 2.24) is 0 Å². The van der Waals surface area contributed by atoms with Gasteiger partial charge in [-0.1, -0.05) is 195 Å². The minimum absolute atomic E-state index is 0.0999. The number of carbonyl (C=O) groups is 3. The van der Waals surface area contributed by atoms with E-state index in [4.69, 9.17) is 14.2 Å². The zero-order chi connectivity index (χ0) is 44.4. The molecule has 6 heteroatoms. The third kappa shape index (κ3) is 47.2. The first-order chi connectivity index (χ1) is 30.0. The second-order valence-electron chi connectivity index (χ2n) is 16.0. The summed E-state index contributed by atoms with van der Waals surface area (Å²) >= 11 is 0. The van der Waals surface area contributed by atoms with Crippen LogP contribution in [0.3, 0.4) is 0 Å². The van der Waals surface area contributed by atoms with Gasteiger partial charge in [0.2, 0.25) is 0 Å². The van der Waals surface area contributed by atoms with Crippen LogP contribution < -0.4 is 0 Å². The SMILES string of the molecule is CC\C=C/C=C\C=C/CCCCCCCCCC(=O)OC(COC(=O)CCC/C=C\CCCCCC)COC(=O)CCCCCCCC/C=C\C/C=C\C/C=C\C/C=C\CC. The van der Waals surface area contributed by atoms with Crippen molar-refractivity contribution in [3.8, 4) is 0 Å². The average molecular weight is 847 g/mol. The molecular formula is C55H90O6. The van der Waals surface area contributed by atoms with Crippen LogP contribution >= 0.6 is 0 Å². The van der Waals surface area contributed by atoms with Crippen LogP contribution in [0.1, 0.15) is 213 Å². The summed E-state index contributed by atoms with van der Waals surface area (Å²) in [5.74, 6) is -0.968. The maximum atomic E-state index is 12.8. The van der Waals surface area contributed by atoms with Gasteiger partial charge in [-0.3, -0.25) is 14.4 Å². The van der Waals surface area contributed by atoms with Crippen LogP contribution in [-0.4, -0.2) is 37.2 Å². The Morgan fingerprint density at radius 2 is 0.738 bits per heavy atom. The minimum atomic E-state index is -0.800. The molecule has 1 unspecified atom stereocenters. The second kappa shape index (κ2) is 49.0. The van der Waals surface area contributed by atoms with Crippen molar-refractivity contribution in [2.45, 2.75) is 219 Å². The van der Waals surface area contributed by atoms with E-state index in [2.05, 4.69) is 118 Å². The molecule has 0 aliphatic carbocycles. The van der Waals surface area contributed by atoms with Gasteiger partial charge in [-0.25, -0.2) is 0 Å². The van der Waals surface area contributed by atoms with Crippen LogP contribution in [0.2, 0.25) is 0 Å². The minimum Gasteiger partial charge on any atom is -0.462 e. The molecule has 0 bridgehead atoms. The summed E-state index contributed by atoms with van der Waals surface area (Å²) in [6.45, 7) is 6.30. The van der Waals surface area contributed by atoms with Gasteiger partial charge in [0.1, 0.15) is 13.2 Å². The molecule has 0 amide bonds. The van der Waals surface area contributed by atoms with Crippen LogP contribution in [-0.2, 0) is 28.6 Å². The Kier molecular flexibility index (Phi) is 46.0. The van der Waals surface area contributed by atoms with Gasteiger partial charge in [-0.05, 0) is 96.3 Å². The predicted octanol–water partition coefficient (Wildman–Crippen LogP) is 16.2. The third-order valence-electron chi connectivity index (χ3n) is 10.1. The molecule has 1 atom stereocenters. The fourth-order valence-electron chi connectivity index (χ4n) is 6.44. The highest BCUT2D eigenvalue weighted by molar-refractivity contribution is 5.71. The highest BCUT2D eigenvalue weighted by Gasteiger charge is 2.19. The molecule has 346 valence electrons. The zero-order valence-electron chi connectivity index (χ0n) is 39.4. The summed E-state index contributed by atoms with van der Waals surface area (Å²) in [5, 5.41) is 0. The van der Waals surface area contributed by atoms with Crippen LogP contribution in [0.4, 0.5) is 0 Å². The fourth-order valence-corrected chi connectivity index (χ4v) is 6.44. The van der Waals surface area contributed by atoms with Crippen molar-refractivity contribution in [2.24, 2.45) is 0 Å². The van der Waals surface area contributed by atoms with Crippen LogP contribution in [0.15, 0.2) is 97.2 Å². The Bertz CT molecular complexity index is 1250. The summed E-state index contributed by atoms with van der Waals surface area (Å²) in [5.41, 5.74) is 0. The fraction of sp³-hybridized carbons (Fsp3) is 0.655. The standard InChI is InChI=1S/C55H90O6/c1-4-7-10-13-16-19-21-23-25-26-27-28-30-31-33-36-39-42-45-48-54(57)60-51-52(50-59-53(56)47-44-41-38-35-18-15-12-9-6-3)61-55(58)49-46-43-40-37-34-32-29-24-22-20-17-14-11-8-5-2/h7-8,10-11,14,16-17,19-20,22-23,25,27-28,35,38,52H,4-6,9,12-13,15,18,21,24,26,29-34,36-37,39-51H2,1-3H3/b10-7-,11-8-,17-14-,19-16-,22-20-,25-23-,28-27-,38-35-. The number of carbonyl (C=O) groups excluding carboxylic acids is 3. The smallest absolute Gasteiger partial charge is 0.306 e. The van der Waals surface area contributed by atoms with E-state index in [1.54, 1.807) is 0 Å². The van der Waals surface area contributed by atoms with Gasteiger partial charge in [0, 0.05) is 19.3 Å². The van der Waals surface area contributed by atoms with Gasteiger partial charge in [-0.15, -0.1) is 0 Å². The lowest BCUT2D eigenvalue weighted by atomic mass is 10.1. The molecule has 61 heavy (non-hydrogen) atoms. The molecule has 0 aromatic rings. The Morgan fingerprint density at radius 1 is 0.361 bits per heavy atom. The van der Waals surface area contributed by atoms with Crippen molar-refractivity contribution in [3.63, 3.8) is 0 Å². The van der Waals surface area contributed by atoms with Crippen LogP contribution in [0.25, 0.3) is 0 Å². The van der Waals surface area contributed by atoms with E-state index in [0.717, 1.165) is 109 Å². The van der Waals surface area contributed by atoms with E-state index in [0.29, 0.717) is 25.7 Å². The number of hydrogen-bond acceptors (Lipinski definition) is 6. The number of ether oxygens (including phenoxy) is 3. The van der Waals surface area contributed by atoms with Gasteiger partial charge in [0.25, 0.3) is 0 Å².